The smallest absolute Gasteiger partial charge is 0.280 e. The Hall–Kier alpha value is -5.20. The second-order valence-corrected chi connectivity index (χ2v) is 16.2. The van der Waals surface area contributed by atoms with Gasteiger partial charge < -0.3 is 32.9 Å². The van der Waals surface area contributed by atoms with Gasteiger partial charge in [0.25, 0.3) is 14.1 Å². The molecule has 2 unspecified atom stereocenters. The molecule has 16 heteroatoms. The Morgan fingerprint density at radius 1 is 0.983 bits per heavy atom. The predicted octanol–water partition coefficient (Wildman–Crippen LogP) is 7.32. The molecule has 1 aliphatic rings. The summed E-state index contributed by atoms with van der Waals surface area (Å²) in [6, 6.07) is 28.1. The zero-order chi connectivity index (χ0) is 42.1. The number of hydrogen-bond acceptors (Lipinski definition) is 12. The van der Waals surface area contributed by atoms with Crippen LogP contribution >= 0.6 is 8.53 Å². The first kappa shape index (κ1) is 43.4. The summed E-state index contributed by atoms with van der Waals surface area (Å²) in [6.07, 6.45) is 1.79. The van der Waals surface area contributed by atoms with Crippen LogP contribution in [0.2, 0.25) is 0 Å². The zero-order valence-corrected chi connectivity index (χ0v) is 35.7. The van der Waals surface area contributed by atoms with Gasteiger partial charge in [0.1, 0.15) is 29.4 Å². The molecule has 1 aliphatic heterocycles. The predicted molar refractivity (Wildman–Crippen MR) is 227 cm³/mol. The fraction of sp³-hybridized carbons (Fsp3) is 0.419. The van der Waals surface area contributed by atoms with Crippen molar-refractivity contribution in [2.24, 2.45) is 4.99 Å². The molecule has 5 aromatic rings. The number of aromatic amines is 1. The number of nitrogens with zero attached hydrogens (tertiary/aromatic N) is 7. The van der Waals surface area contributed by atoms with E-state index in [1.165, 1.54) is 0 Å². The Balaban J connectivity index is 1.45. The van der Waals surface area contributed by atoms with Crippen molar-refractivity contribution in [2.75, 3.05) is 41.5 Å². The number of hydrogen-bond donors (Lipinski definition) is 1. The van der Waals surface area contributed by atoms with Crippen molar-refractivity contribution >= 4 is 32.0 Å². The van der Waals surface area contributed by atoms with E-state index in [1.54, 1.807) is 36.4 Å². The largest absolute Gasteiger partial charge is 0.497 e. The molecule has 0 aliphatic carbocycles. The average Bonchev–Trinajstić information content (AvgIpc) is 3.85. The minimum absolute atomic E-state index is 0.0673. The molecule has 0 bridgehead atoms. The number of nitriles is 1. The zero-order valence-electron chi connectivity index (χ0n) is 34.8. The summed E-state index contributed by atoms with van der Waals surface area (Å²) in [6.45, 7) is 8.65. The third-order valence-corrected chi connectivity index (χ3v) is 12.0. The first-order chi connectivity index (χ1) is 28.5. The van der Waals surface area contributed by atoms with Crippen molar-refractivity contribution in [1.82, 2.24) is 29.1 Å². The third kappa shape index (κ3) is 9.82. The lowest BCUT2D eigenvalue weighted by molar-refractivity contribution is -0.0912. The Morgan fingerprint density at radius 3 is 2.15 bits per heavy atom. The molecule has 1 N–H and O–H groups in total. The molecule has 15 nitrogen and oxygen atoms in total. The van der Waals surface area contributed by atoms with Gasteiger partial charge in [-0.15, -0.1) is 0 Å². The van der Waals surface area contributed by atoms with Gasteiger partial charge in [-0.3, -0.25) is 14.3 Å². The Kier molecular flexibility index (Phi) is 14.5. The highest BCUT2D eigenvalue weighted by molar-refractivity contribution is 7.44. The molecule has 312 valence electrons. The van der Waals surface area contributed by atoms with Crippen LogP contribution in [0.3, 0.4) is 0 Å². The molecule has 6 rings (SSSR count). The SMILES string of the molecule is COc1ccc(C(OC[C@H]2O[C@@H](n3cnc4c(=O)[nH]c(N=CN(C)C)nc43)CC2OP(OCCC#N)N(C(C)C)C(C)C)(c2ccccc2)c2ccc(OC)cc2)cc1. The summed E-state index contributed by atoms with van der Waals surface area (Å²) in [5, 5.41) is 9.40. The summed E-state index contributed by atoms with van der Waals surface area (Å²) < 4.78 is 42.7. The summed E-state index contributed by atoms with van der Waals surface area (Å²) in [4.78, 5) is 31.0. The molecular formula is C43H53N8O7P. The second-order valence-electron chi connectivity index (χ2n) is 14.8. The maximum atomic E-state index is 13.2. The van der Waals surface area contributed by atoms with Crippen LogP contribution in [-0.2, 0) is 24.1 Å². The number of rotatable bonds is 19. The molecule has 1 fully saturated rings. The molecule has 0 saturated carbocycles. The van der Waals surface area contributed by atoms with Crippen LogP contribution in [0.15, 0.2) is 95.0 Å². The van der Waals surface area contributed by atoms with Gasteiger partial charge in [0.05, 0.1) is 58.7 Å². The normalized spacial score (nSPS) is 17.6. The average molecular weight is 825 g/mol. The lowest BCUT2D eigenvalue weighted by Crippen LogP contribution is -2.39. The van der Waals surface area contributed by atoms with Gasteiger partial charge in [-0.2, -0.15) is 10.2 Å². The lowest BCUT2D eigenvalue weighted by Gasteiger charge is -2.39. The van der Waals surface area contributed by atoms with Crippen LogP contribution < -0.4 is 15.0 Å². The minimum Gasteiger partial charge on any atom is -0.497 e. The maximum Gasteiger partial charge on any atom is 0.280 e. The van der Waals surface area contributed by atoms with E-state index in [4.69, 9.17) is 28.0 Å². The molecular weight excluding hydrogens is 771 g/mol. The van der Waals surface area contributed by atoms with Crippen molar-refractivity contribution in [3.05, 3.63) is 112 Å². The van der Waals surface area contributed by atoms with Crippen molar-refractivity contribution in [3.8, 4) is 17.6 Å². The van der Waals surface area contributed by atoms with E-state index in [0.29, 0.717) is 23.6 Å². The highest BCUT2D eigenvalue weighted by atomic mass is 31.2. The summed E-state index contributed by atoms with van der Waals surface area (Å²) >= 11 is 0. The Bertz CT molecular complexity index is 2190. The third-order valence-electron chi connectivity index (χ3n) is 9.85. The number of imidazole rings is 1. The molecule has 0 spiro atoms. The standard InChI is InChI=1S/C43H53N8O7P/c1-29(2)51(30(3)4)59(56-24-12-23-44)58-36-25-38(50-28-45-39-40(50)47-42(48-41(39)52)46-27-49(5)6)57-37(36)26-55-43(31-13-10-9-11-14-31,32-15-19-34(53-7)20-16-32)33-17-21-35(54-8)22-18-33/h9-11,13-22,27-30,36-38H,12,24-26H2,1-8H3,(H,47,48,52)/t36?,37-,38-,59?/m1/s1. The number of aliphatic imine (C=N–C) groups is 1. The number of nitrogens with one attached hydrogen (secondary N) is 1. The van der Waals surface area contributed by atoms with E-state index in [9.17, 15) is 10.1 Å². The van der Waals surface area contributed by atoms with E-state index in [0.717, 1.165) is 16.7 Å². The molecule has 59 heavy (non-hydrogen) atoms. The van der Waals surface area contributed by atoms with Crippen LogP contribution in [0, 0.1) is 11.3 Å². The van der Waals surface area contributed by atoms with Crippen LogP contribution in [0.4, 0.5) is 5.95 Å². The lowest BCUT2D eigenvalue weighted by atomic mass is 9.80. The topological polar surface area (TPSA) is 162 Å². The van der Waals surface area contributed by atoms with Gasteiger partial charge in [0.2, 0.25) is 5.95 Å². The molecule has 0 amide bonds. The highest BCUT2D eigenvalue weighted by Gasteiger charge is 2.45. The van der Waals surface area contributed by atoms with Gasteiger partial charge in [-0.1, -0.05) is 54.6 Å². The highest BCUT2D eigenvalue weighted by Crippen LogP contribution is 2.51. The molecule has 4 atom stereocenters. The van der Waals surface area contributed by atoms with Gasteiger partial charge >= 0.3 is 0 Å². The van der Waals surface area contributed by atoms with Gasteiger partial charge in [0, 0.05) is 32.6 Å². The van der Waals surface area contributed by atoms with E-state index < -0.39 is 38.1 Å². The number of ether oxygens (including phenoxy) is 4. The van der Waals surface area contributed by atoms with Crippen LogP contribution in [0.5, 0.6) is 11.5 Å². The molecule has 3 heterocycles. The summed E-state index contributed by atoms with van der Waals surface area (Å²) in [5.41, 5.74) is 1.55. The number of methoxy groups -OCH3 is 2. The van der Waals surface area contributed by atoms with Gasteiger partial charge in [-0.25, -0.2) is 14.6 Å². The summed E-state index contributed by atoms with van der Waals surface area (Å²) in [7, 11) is 5.26. The molecule has 1 saturated heterocycles. The maximum absolute atomic E-state index is 13.2. The Morgan fingerprint density at radius 2 is 1.59 bits per heavy atom. The Labute approximate surface area is 346 Å². The van der Waals surface area contributed by atoms with Crippen LogP contribution in [-0.4, -0.2) is 101 Å². The van der Waals surface area contributed by atoms with Crippen molar-refractivity contribution in [2.45, 2.75) is 76.7 Å². The number of fused-ring (bicyclic) bond motifs is 1. The van der Waals surface area contributed by atoms with Crippen LogP contribution in [0.25, 0.3) is 11.2 Å². The number of aromatic nitrogens is 4. The van der Waals surface area contributed by atoms with E-state index in [-0.39, 0.29) is 43.2 Å². The number of benzene rings is 3. The van der Waals surface area contributed by atoms with E-state index in [1.807, 2.05) is 93.0 Å². The molecule has 0 radical (unpaired) electrons. The monoisotopic (exact) mass is 824 g/mol. The number of H-pyrrole nitrogens is 1. The van der Waals surface area contributed by atoms with E-state index in [2.05, 4.69) is 58.4 Å². The van der Waals surface area contributed by atoms with Gasteiger partial charge in [0.15, 0.2) is 11.2 Å². The van der Waals surface area contributed by atoms with E-state index >= 15 is 0 Å². The van der Waals surface area contributed by atoms with Crippen molar-refractivity contribution < 1.29 is 28.0 Å². The molecule has 3 aromatic carbocycles. The van der Waals surface area contributed by atoms with Crippen LogP contribution in [0.1, 0.15) is 63.5 Å². The quantitative estimate of drug-likeness (QED) is 0.0291. The first-order valence-corrected chi connectivity index (χ1v) is 20.7. The second kappa shape index (κ2) is 19.7. The van der Waals surface area contributed by atoms with Gasteiger partial charge in [-0.05, 0) is 68.7 Å². The van der Waals surface area contributed by atoms with Crippen molar-refractivity contribution in [3.63, 3.8) is 0 Å². The molecule has 2 aromatic heterocycles. The fourth-order valence-electron chi connectivity index (χ4n) is 7.18. The fourth-order valence-corrected chi connectivity index (χ4v) is 8.94. The van der Waals surface area contributed by atoms with Crippen molar-refractivity contribution in [1.29, 1.82) is 5.26 Å². The first-order valence-electron chi connectivity index (χ1n) is 19.6. The summed E-state index contributed by atoms with van der Waals surface area (Å²) in [5.74, 6) is 1.55. The minimum atomic E-state index is -1.67.